The minimum atomic E-state index is -3.92. The molecule has 1 aromatic carbocycles. The van der Waals surface area contributed by atoms with Gasteiger partial charge in [-0.15, -0.1) is 16.4 Å². The van der Waals surface area contributed by atoms with Gasteiger partial charge in [0, 0.05) is 41.8 Å². The Hall–Kier alpha value is -5.43. The lowest BCUT2D eigenvalue weighted by Crippen LogP contribution is -2.58. The summed E-state index contributed by atoms with van der Waals surface area (Å²) < 4.78 is 42.0. The van der Waals surface area contributed by atoms with Gasteiger partial charge >= 0.3 is 0 Å². The van der Waals surface area contributed by atoms with Crippen molar-refractivity contribution < 1.29 is 37.1 Å². The van der Waals surface area contributed by atoms with Crippen LogP contribution in [0.1, 0.15) is 99.4 Å². The van der Waals surface area contributed by atoms with Crippen molar-refractivity contribution in [3.8, 4) is 22.2 Å². The van der Waals surface area contributed by atoms with Gasteiger partial charge < -0.3 is 25.0 Å². The zero-order chi connectivity index (χ0) is 43.2. The lowest BCUT2D eigenvalue weighted by atomic mass is 10.0. The number of carbonyl (C=O) groups excluding carboxylic acids is 4. The molecule has 324 valence electrons. The maximum absolute atomic E-state index is 14.8. The van der Waals surface area contributed by atoms with Crippen molar-refractivity contribution in [3.05, 3.63) is 59.1 Å². The van der Waals surface area contributed by atoms with Crippen molar-refractivity contribution >= 4 is 55.9 Å². The molecule has 2 aliphatic heterocycles. The number of thiazole rings is 1. The molecule has 1 saturated heterocycles. The number of pyridine rings is 1. The summed E-state index contributed by atoms with van der Waals surface area (Å²) in [7, 11) is -0.697. The first-order valence-corrected chi connectivity index (χ1v) is 23.2. The fourth-order valence-electron chi connectivity index (χ4n) is 8.17. The van der Waals surface area contributed by atoms with Crippen LogP contribution in [0, 0.1) is 12.8 Å². The van der Waals surface area contributed by atoms with Gasteiger partial charge in [-0.2, -0.15) is 0 Å². The average Bonchev–Trinajstić information content (AvgIpc) is 4.01. The molecule has 19 heteroatoms. The number of rotatable bonds is 10. The van der Waals surface area contributed by atoms with E-state index < -0.39 is 68.5 Å². The zero-order valence-electron chi connectivity index (χ0n) is 34.8. The predicted molar refractivity (Wildman–Crippen MR) is 226 cm³/mol. The third-order valence-corrected chi connectivity index (χ3v) is 14.6. The molecule has 2 saturated carbocycles. The number of amides is 4. The first-order chi connectivity index (χ1) is 29.2. The number of benzene rings is 1. The molecule has 0 radical (unpaired) electrons. The van der Waals surface area contributed by atoms with Gasteiger partial charge in [0.1, 0.15) is 52.3 Å². The summed E-state index contributed by atoms with van der Waals surface area (Å²) in [5.41, 5.74) is 1.42. The molecule has 5 atom stereocenters. The van der Waals surface area contributed by atoms with Crippen molar-refractivity contribution in [1.29, 1.82) is 0 Å². The van der Waals surface area contributed by atoms with E-state index in [1.165, 1.54) is 27.2 Å². The van der Waals surface area contributed by atoms with Gasteiger partial charge in [-0.05, 0) is 63.5 Å². The third kappa shape index (κ3) is 8.71. The van der Waals surface area contributed by atoms with Crippen LogP contribution >= 0.6 is 11.3 Å². The molecule has 17 nitrogen and oxygen atoms in total. The highest BCUT2D eigenvalue weighted by Crippen LogP contribution is 2.46. The number of methoxy groups -OCH3 is 1. The van der Waals surface area contributed by atoms with E-state index >= 15 is 0 Å². The highest BCUT2D eigenvalue weighted by atomic mass is 32.2. The maximum atomic E-state index is 14.8. The van der Waals surface area contributed by atoms with Crippen LogP contribution in [0.3, 0.4) is 0 Å². The van der Waals surface area contributed by atoms with Gasteiger partial charge in [0.05, 0.1) is 30.1 Å². The normalized spacial score (nSPS) is 25.2. The van der Waals surface area contributed by atoms with Crippen molar-refractivity contribution in [2.75, 3.05) is 13.7 Å². The molecule has 0 spiro atoms. The van der Waals surface area contributed by atoms with E-state index in [9.17, 15) is 27.6 Å². The summed E-state index contributed by atoms with van der Waals surface area (Å²) >= 11 is 1.47. The van der Waals surface area contributed by atoms with E-state index in [1.807, 2.05) is 42.7 Å². The number of fused-ring (bicyclic) bond motifs is 3. The molecule has 3 N–H and O–H groups in total. The number of sulfonamides is 1. The Kier molecular flexibility index (Phi) is 11.6. The molecule has 0 bridgehead atoms. The molecule has 3 fully saturated rings. The molecule has 4 amide bonds. The molecule has 4 aromatic rings. The van der Waals surface area contributed by atoms with E-state index in [4.69, 9.17) is 19.4 Å². The Balaban J connectivity index is 1.15. The lowest BCUT2D eigenvalue weighted by Gasteiger charge is -2.29. The maximum Gasteiger partial charge on any atom is 0.291 e. The second-order valence-corrected chi connectivity index (χ2v) is 19.6. The number of nitrogens with one attached hydrogen (secondary N) is 3. The minimum absolute atomic E-state index is 0.0294. The van der Waals surface area contributed by atoms with Crippen LogP contribution in [-0.2, 0) is 31.5 Å². The first-order valence-electron chi connectivity index (χ1n) is 20.8. The SMILES string of the molecule is COc1ccc2c(O[C@@H]3C[C@H]4C(=O)N[C@]5(C(=O)NS(=O)(=O)C6CC6)C[C@H]5/C=C\CCCCC[C@H](NC(=O)c5ncn(C)n5)C(=O)N4C3)cc(-c3nc(C(C)C)cs3)nc2c1C. The van der Waals surface area contributed by atoms with E-state index in [1.54, 1.807) is 14.2 Å². The molecule has 3 aromatic heterocycles. The van der Waals surface area contributed by atoms with E-state index in [0.29, 0.717) is 58.8 Å². The number of ether oxygens (including phenoxy) is 2. The highest BCUT2D eigenvalue weighted by molar-refractivity contribution is 7.91. The van der Waals surface area contributed by atoms with Crippen LogP contribution in [0.4, 0.5) is 0 Å². The van der Waals surface area contributed by atoms with Gasteiger partial charge in [-0.3, -0.25) is 28.6 Å². The van der Waals surface area contributed by atoms with Crippen molar-refractivity contribution in [2.24, 2.45) is 13.0 Å². The summed E-state index contributed by atoms with van der Waals surface area (Å²) in [5.74, 6) is -1.80. The number of hydrogen-bond acceptors (Lipinski definition) is 13. The Morgan fingerprint density at radius 1 is 1.08 bits per heavy atom. The quantitative estimate of drug-likeness (QED) is 0.192. The number of aromatic nitrogens is 5. The van der Waals surface area contributed by atoms with Gasteiger partial charge in [0.25, 0.3) is 11.8 Å². The van der Waals surface area contributed by atoms with Gasteiger partial charge in [0.15, 0.2) is 0 Å². The van der Waals surface area contributed by atoms with Crippen LogP contribution in [-0.4, -0.2) is 104 Å². The number of hydrogen-bond donors (Lipinski definition) is 3. The monoisotopic (exact) mass is 873 g/mol. The van der Waals surface area contributed by atoms with E-state index in [2.05, 4.69) is 39.3 Å². The Morgan fingerprint density at radius 2 is 1.89 bits per heavy atom. The summed E-state index contributed by atoms with van der Waals surface area (Å²) in [4.78, 5) is 72.1. The van der Waals surface area contributed by atoms with Crippen LogP contribution in [0.5, 0.6) is 11.5 Å². The third-order valence-electron chi connectivity index (χ3n) is 11.9. The highest BCUT2D eigenvalue weighted by Gasteiger charge is 2.62. The summed E-state index contributed by atoms with van der Waals surface area (Å²) in [5, 5.41) is 12.6. The molecule has 0 unspecified atom stereocenters. The topological polar surface area (TPSA) is 217 Å². The molecule has 61 heavy (non-hydrogen) atoms. The van der Waals surface area contributed by atoms with Crippen molar-refractivity contribution in [3.63, 3.8) is 0 Å². The van der Waals surface area contributed by atoms with Crippen LogP contribution in [0.25, 0.3) is 21.6 Å². The van der Waals surface area contributed by atoms with Gasteiger partial charge in [-0.1, -0.05) is 38.8 Å². The number of aryl methyl sites for hydroxylation is 2. The van der Waals surface area contributed by atoms with E-state index in [-0.39, 0.29) is 37.5 Å². The molecule has 8 rings (SSSR count). The number of nitrogens with zero attached hydrogens (tertiary/aromatic N) is 6. The molecule has 4 aliphatic rings. The van der Waals surface area contributed by atoms with Crippen molar-refractivity contribution in [1.82, 2.24) is 45.0 Å². The lowest BCUT2D eigenvalue weighted by molar-refractivity contribution is -0.141. The Bertz CT molecular complexity index is 2520. The van der Waals surface area contributed by atoms with Gasteiger partial charge in [-0.25, -0.2) is 23.4 Å². The first kappa shape index (κ1) is 42.3. The van der Waals surface area contributed by atoms with Crippen LogP contribution in [0.15, 0.2) is 42.1 Å². The van der Waals surface area contributed by atoms with Gasteiger partial charge in [0.2, 0.25) is 27.7 Å². The molecule has 2 aliphatic carbocycles. The molecular formula is C42H51N9O8S2. The smallest absolute Gasteiger partial charge is 0.291 e. The largest absolute Gasteiger partial charge is 0.496 e. The average molecular weight is 874 g/mol. The molecular weight excluding hydrogens is 823 g/mol. The van der Waals surface area contributed by atoms with E-state index in [0.717, 1.165) is 24.1 Å². The number of allylic oxidation sites excluding steroid dienone is 1. The summed E-state index contributed by atoms with van der Waals surface area (Å²) in [6.07, 6.45) is 8.71. The fraction of sp³-hybridized carbons (Fsp3) is 0.524. The fourth-order valence-corrected chi connectivity index (χ4v) is 10.5. The van der Waals surface area contributed by atoms with Crippen molar-refractivity contribution in [2.45, 2.75) is 113 Å². The Labute approximate surface area is 358 Å². The summed E-state index contributed by atoms with van der Waals surface area (Å²) in [6.45, 7) is 6.02. The second-order valence-electron chi connectivity index (χ2n) is 16.8. The van der Waals surface area contributed by atoms with Crippen LogP contribution < -0.4 is 24.8 Å². The predicted octanol–water partition coefficient (Wildman–Crippen LogP) is 4.08. The number of carbonyl (C=O) groups is 4. The second kappa shape index (κ2) is 16.8. The molecule has 5 heterocycles. The standard InChI is InChI=1S/C42H51N9O8S2/c1-23(2)31-21-60-39(46-31)30-18-34(28-15-16-33(58-5)24(3)35(28)44-30)59-26-17-32-37(52)47-42(41(55)49-61(56,57)27-13-14-27)19-25(42)11-9-7-6-8-10-12-29(40(54)51(32)20-26)45-38(53)36-43-22-50(4)48-36/h9,11,15-16,18,21-23,25-27,29,32H,6-8,10,12-14,17,19-20H2,1-5H3,(H,45,53)(H,47,52)(H,49,55)/b11-9-/t25-,26-,29+,32+,42-/m1/s1. The minimum Gasteiger partial charge on any atom is -0.496 e. The summed E-state index contributed by atoms with van der Waals surface area (Å²) in [6, 6.07) is 3.33. The Morgan fingerprint density at radius 3 is 2.59 bits per heavy atom. The zero-order valence-corrected chi connectivity index (χ0v) is 36.5. The van der Waals surface area contributed by atoms with Crippen LogP contribution in [0.2, 0.25) is 0 Å².